The number of aromatic nitrogens is 1. The molecule has 1 saturated heterocycles. The van der Waals surface area contributed by atoms with Gasteiger partial charge in [0.1, 0.15) is 18.7 Å². The van der Waals surface area contributed by atoms with Crippen LogP contribution in [0.3, 0.4) is 0 Å². The van der Waals surface area contributed by atoms with Gasteiger partial charge < -0.3 is 4.74 Å². The zero-order valence-corrected chi connectivity index (χ0v) is 11.6. The maximum absolute atomic E-state index is 13.7. The summed E-state index contributed by atoms with van der Waals surface area (Å²) in [5, 5.41) is 2.27. The Morgan fingerprint density at radius 1 is 1.40 bits per heavy atom. The molecule has 20 heavy (non-hydrogen) atoms. The molecule has 0 saturated carbocycles. The highest BCUT2D eigenvalue weighted by Gasteiger charge is 2.37. The maximum Gasteiger partial charge on any atom is 0.429 e. The van der Waals surface area contributed by atoms with Gasteiger partial charge in [0, 0.05) is 6.20 Å². The lowest BCUT2D eigenvalue weighted by atomic mass is 10.2. The number of Topliss-reactive ketones (excluding diaryl/α,β-unsaturated/α-hetero) is 1. The van der Waals surface area contributed by atoms with E-state index in [0.717, 1.165) is 5.01 Å². The van der Waals surface area contributed by atoms with Gasteiger partial charge in [0.2, 0.25) is 0 Å². The molecule has 0 radical (unpaired) electrons. The van der Waals surface area contributed by atoms with Crippen LogP contribution in [0.1, 0.15) is 20.8 Å². The lowest BCUT2D eigenvalue weighted by Gasteiger charge is -2.30. The number of amides is 1. The normalized spacial score (nSPS) is 15.7. The van der Waals surface area contributed by atoms with Crippen LogP contribution in [0, 0.1) is 5.82 Å². The van der Waals surface area contributed by atoms with Crippen LogP contribution in [0.25, 0.3) is 0 Å². The Kier molecular flexibility index (Phi) is 3.61. The van der Waals surface area contributed by atoms with Gasteiger partial charge in [-0.15, -0.1) is 0 Å². The van der Waals surface area contributed by atoms with E-state index in [-0.39, 0.29) is 24.7 Å². The highest BCUT2D eigenvalue weighted by Crippen LogP contribution is 2.22. The molecule has 108 valence electrons. The number of ketones is 1. The van der Waals surface area contributed by atoms with E-state index in [9.17, 15) is 14.0 Å². The highest BCUT2D eigenvalue weighted by atomic mass is 19.1. The highest BCUT2D eigenvalue weighted by molar-refractivity contribution is 5.92. The van der Waals surface area contributed by atoms with Crippen LogP contribution in [0.15, 0.2) is 18.3 Å². The lowest BCUT2D eigenvalue weighted by Crippen LogP contribution is -2.44. The molecule has 0 unspecified atom stereocenters. The number of carbonyl (C=O) groups excluding carboxylic acids is 2. The lowest BCUT2D eigenvalue weighted by molar-refractivity contribution is -0.116. The van der Waals surface area contributed by atoms with Crippen LogP contribution < -0.4 is 5.01 Å². The SMILES string of the molecule is CC(C)(C)OC(=O)N1CC(=O)CN1c1ncccc1F. The summed E-state index contributed by atoms with van der Waals surface area (Å²) in [5.74, 6) is -0.874. The second kappa shape index (κ2) is 5.07. The number of anilines is 1. The molecule has 2 rings (SSSR count). The molecular formula is C13H16FN3O3. The van der Waals surface area contributed by atoms with Gasteiger partial charge in [0.05, 0.1) is 0 Å². The van der Waals surface area contributed by atoms with Crippen LogP contribution in [0.5, 0.6) is 0 Å². The number of nitrogens with zero attached hydrogens (tertiary/aromatic N) is 3. The average Bonchev–Trinajstić information content (AvgIpc) is 2.69. The van der Waals surface area contributed by atoms with Crippen LogP contribution in [0.4, 0.5) is 15.0 Å². The van der Waals surface area contributed by atoms with Gasteiger partial charge in [0.25, 0.3) is 0 Å². The first-order valence-corrected chi connectivity index (χ1v) is 6.18. The van der Waals surface area contributed by atoms with Crippen molar-refractivity contribution in [3.63, 3.8) is 0 Å². The van der Waals surface area contributed by atoms with Crippen molar-refractivity contribution < 1.29 is 18.7 Å². The minimum Gasteiger partial charge on any atom is -0.442 e. The summed E-state index contributed by atoms with van der Waals surface area (Å²) < 4.78 is 19.0. The van der Waals surface area contributed by atoms with E-state index in [1.54, 1.807) is 20.8 Å². The Morgan fingerprint density at radius 3 is 2.70 bits per heavy atom. The fourth-order valence-corrected chi connectivity index (χ4v) is 1.79. The Morgan fingerprint density at radius 2 is 2.10 bits per heavy atom. The number of halogens is 1. The average molecular weight is 281 g/mol. The van der Waals surface area contributed by atoms with E-state index < -0.39 is 17.5 Å². The van der Waals surface area contributed by atoms with Crippen molar-refractivity contribution in [2.75, 3.05) is 18.1 Å². The van der Waals surface area contributed by atoms with Crippen LogP contribution in [-0.4, -0.2) is 40.6 Å². The van der Waals surface area contributed by atoms with E-state index >= 15 is 0 Å². The minimum atomic E-state index is -0.701. The minimum absolute atomic E-state index is 0.0655. The first kappa shape index (κ1) is 14.2. The Hall–Kier alpha value is -2.18. The molecule has 0 atom stereocenters. The van der Waals surface area contributed by atoms with E-state index in [0.29, 0.717) is 0 Å². The smallest absolute Gasteiger partial charge is 0.429 e. The third kappa shape index (κ3) is 3.04. The number of pyridine rings is 1. The van der Waals surface area contributed by atoms with Crippen LogP contribution in [0.2, 0.25) is 0 Å². The summed E-state index contributed by atoms with van der Waals surface area (Å²) in [7, 11) is 0. The summed E-state index contributed by atoms with van der Waals surface area (Å²) in [6, 6.07) is 2.66. The molecule has 1 aliphatic heterocycles. The quantitative estimate of drug-likeness (QED) is 0.785. The first-order valence-electron chi connectivity index (χ1n) is 6.18. The molecule has 1 aliphatic rings. The van der Waals surface area contributed by atoms with Gasteiger partial charge in [-0.05, 0) is 32.9 Å². The van der Waals surface area contributed by atoms with Crippen molar-refractivity contribution in [1.29, 1.82) is 0 Å². The Labute approximate surface area is 116 Å². The third-order valence-electron chi connectivity index (χ3n) is 2.53. The summed E-state index contributed by atoms with van der Waals surface area (Å²) in [6.07, 6.45) is 0.697. The molecule has 1 aromatic rings. The number of rotatable bonds is 1. The summed E-state index contributed by atoms with van der Waals surface area (Å²) in [6.45, 7) is 4.90. The van der Waals surface area contributed by atoms with Gasteiger partial charge in [0.15, 0.2) is 17.4 Å². The largest absolute Gasteiger partial charge is 0.442 e. The van der Waals surface area contributed by atoms with Gasteiger partial charge in [-0.2, -0.15) is 0 Å². The molecule has 7 heteroatoms. The summed E-state index contributed by atoms with van der Waals surface area (Å²) >= 11 is 0. The fourth-order valence-electron chi connectivity index (χ4n) is 1.79. The predicted molar refractivity (Wildman–Crippen MR) is 69.5 cm³/mol. The number of ether oxygens (including phenoxy) is 1. The zero-order valence-electron chi connectivity index (χ0n) is 11.6. The molecule has 2 heterocycles. The van der Waals surface area contributed by atoms with Gasteiger partial charge in [-0.3, -0.25) is 9.80 Å². The molecule has 0 spiro atoms. The molecule has 1 fully saturated rings. The molecule has 0 N–H and O–H groups in total. The standard InChI is InChI=1S/C13H16FN3O3/c1-13(2,3)20-12(19)17-8-9(18)7-16(17)11-10(14)5-4-6-15-11/h4-6H,7-8H2,1-3H3. The Bertz CT molecular complexity index is 542. The molecular weight excluding hydrogens is 265 g/mol. The summed E-state index contributed by atoms with van der Waals surface area (Å²) in [4.78, 5) is 27.5. The molecule has 1 amide bonds. The van der Waals surface area contributed by atoms with Crippen LogP contribution in [-0.2, 0) is 9.53 Å². The molecule has 1 aromatic heterocycles. The predicted octanol–water partition coefficient (Wildman–Crippen LogP) is 1.76. The van der Waals surface area contributed by atoms with Crippen molar-refractivity contribution in [2.45, 2.75) is 26.4 Å². The molecule has 0 aliphatic carbocycles. The maximum atomic E-state index is 13.7. The van der Waals surface area contributed by atoms with E-state index in [4.69, 9.17) is 4.74 Å². The van der Waals surface area contributed by atoms with Gasteiger partial charge >= 0.3 is 6.09 Å². The van der Waals surface area contributed by atoms with E-state index in [1.807, 2.05) is 0 Å². The second-order valence-electron chi connectivity index (χ2n) is 5.44. The van der Waals surface area contributed by atoms with Crippen molar-refractivity contribution in [3.05, 3.63) is 24.1 Å². The van der Waals surface area contributed by atoms with Crippen molar-refractivity contribution in [2.24, 2.45) is 0 Å². The second-order valence-corrected chi connectivity index (χ2v) is 5.44. The van der Waals surface area contributed by atoms with Crippen molar-refractivity contribution in [3.8, 4) is 0 Å². The fraction of sp³-hybridized carbons (Fsp3) is 0.462. The van der Waals surface area contributed by atoms with Crippen LogP contribution >= 0.6 is 0 Å². The number of carbonyl (C=O) groups is 2. The molecule has 0 bridgehead atoms. The topological polar surface area (TPSA) is 62.7 Å². The molecule has 0 aromatic carbocycles. The Balaban J connectivity index is 2.26. The monoisotopic (exact) mass is 281 g/mol. The van der Waals surface area contributed by atoms with Gasteiger partial charge in [-0.25, -0.2) is 19.2 Å². The van der Waals surface area contributed by atoms with Crippen molar-refractivity contribution >= 4 is 17.7 Å². The van der Waals surface area contributed by atoms with Crippen molar-refractivity contribution in [1.82, 2.24) is 9.99 Å². The number of hydrogen-bond donors (Lipinski definition) is 0. The summed E-state index contributed by atoms with van der Waals surface area (Å²) in [5.41, 5.74) is -0.697. The number of hydrogen-bond acceptors (Lipinski definition) is 5. The van der Waals surface area contributed by atoms with Gasteiger partial charge in [-0.1, -0.05) is 0 Å². The zero-order chi connectivity index (χ0) is 14.9. The molecule has 6 nitrogen and oxygen atoms in total. The number of hydrazine groups is 1. The first-order chi connectivity index (χ1) is 9.28. The third-order valence-corrected chi connectivity index (χ3v) is 2.53. The van der Waals surface area contributed by atoms with E-state index in [2.05, 4.69) is 4.98 Å². The van der Waals surface area contributed by atoms with E-state index in [1.165, 1.54) is 23.3 Å².